The average Bonchev–Trinajstić information content (AvgIpc) is 2.29. The first-order valence-electron chi connectivity index (χ1n) is 5.29. The van der Waals surface area contributed by atoms with Crippen molar-refractivity contribution < 1.29 is 19.7 Å². The zero-order valence-electron chi connectivity index (χ0n) is 9.27. The molecular weight excluding hydrogens is 208 g/mol. The van der Waals surface area contributed by atoms with E-state index in [0.29, 0.717) is 30.8 Å². The van der Waals surface area contributed by atoms with Gasteiger partial charge in [0.2, 0.25) is 0 Å². The van der Waals surface area contributed by atoms with Crippen molar-refractivity contribution in [1.82, 2.24) is 0 Å². The monoisotopic (exact) mass is 224 g/mol. The van der Waals surface area contributed by atoms with Gasteiger partial charge in [-0.1, -0.05) is 6.92 Å². The summed E-state index contributed by atoms with van der Waals surface area (Å²) in [5.74, 6) is 0.339. The Morgan fingerprint density at radius 2 is 2.19 bits per heavy atom. The van der Waals surface area contributed by atoms with Gasteiger partial charge in [0, 0.05) is 25.5 Å². The number of hydrogen-bond acceptors (Lipinski definition) is 4. The van der Waals surface area contributed by atoms with Gasteiger partial charge in [-0.3, -0.25) is 4.79 Å². The van der Waals surface area contributed by atoms with Crippen molar-refractivity contribution in [3.05, 3.63) is 23.8 Å². The quantitative estimate of drug-likeness (QED) is 0.570. The number of aliphatic hydroxyl groups is 1. The Balaban J connectivity index is 2.71. The zero-order chi connectivity index (χ0) is 12.0. The molecule has 16 heavy (non-hydrogen) atoms. The fourth-order valence-corrected chi connectivity index (χ4v) is 1.28. The van der Waals surface area contributed by atoms with E-state index < -0.39 is 0 Å². The van der Waals surface area contributed by atoms with E-state index in [1.54, 1.807) is 19.1 Å². The SMILES string of the molecule is CCC(=O)c1ccc(OCCCO)cc1O. The Labute approximate surface area is 94.5 Å². The second-order valence-electron chi connectivity index (χ2n) is 3.38. The van der Waals surface area contributed by atoms with Gasteiger partial charge in [0.1, 0.15) is 11.5 Å². The number of phenols is 1. The smallest absolute Gasteiger partial charge is 0.166 e. The number of carbonyl (C=O) groups excluding carboxylic acids is 1. The van der Waals surface area contributed by atoms with Crippen molar-refractivity contribution in [3.8, 4) is 11.5 Å². The molecule has 1 aromatic carbocycles. The van der Waals surface area contributed by atoms with Crippen LogP contribution in [-0.2, 0) is 0 Å². The van der Waals surface area contributed by atoms with E-state index in [4.69, 9.17) is 9.84 Å². The van der Waals surface area contributed by atoms with Gasteiger partial charge in [0.25, 0.3) is 0 Å². The Morgan fingerprint density at radius 3 is 2.75 bits per heavy atom. The number of ketones is 1. The van der Waals surface area contributed by atoms with Crippen molar-refractivity contribution in [2.45, 2.75) is 19.8 Å². The number of Topliss-reactive ketones (excluding diaryl/α,β-unsaturated/α-hetero) is 1. The summed E-state index contributed by atoms with van der Waals surface area (Å²) in [6, 6.07) is 4.61. The number of rotatable bonds is 6. The molecule has 1 rings (SSSR count). The van der Waals surface area contributed by atoms with Gasteiger partial charge < -0.3 is 14.9 Å². The Bertz CT molecular complexity index is 360. The number of aliphatic hydroxyl groups excluding tert-OH is 1. The number of carbonyl (C=O) groups is 1. The first kappa shape index (κ1) is 12.5. The van der Waals surface area contributed by atoms with E-state index in [-0.39, 0.29) is 18.1 Å². The molecule has 1 aromatic rings. The largest absolute Gasteiger partial charge is 0.507 e. The molecule has 0 radical (unpaired) electrons. The third kappa shape index (κ3) is 3.24. The molecule has 0 unspecified atom stereocenters. The molecule has 4 nitrogen and oxygen atoms in total. The summed E-state index contributed by atoms with van der Waals surface area (Å²) in [5.41, 5.74) is 0.317. The first-order chi connectivity index (χ1) is 7.69. The molecule has 0 heterocycles. The number of aromatic hydroxyl groups is 1. The van der Waals surface area contributed by atoms with Gasteiger partial charge in [-0.15, -0.1) is 0 Å². The molecule has 88 valence electrons. The van der Waals surface area contributed by atoms with E-state index in [1.807, 2.05) is 0 Å². The standard InChI is InChI=1S/C12H16O4/c1-2-11(14)10-5-4-9(8-12(10)15)16-7-3-6-13/h4-5,8,13,15H,2-3,6-7H2,1H3. The average molecular weight is 224 g/mol. The van der Waals surface area contributed by atoms with Gasteiger partial charge in [-0.05, 0) is 12.1 Å². The molecule has 0 amide bonds. The van der Waals surface area contributed by atoms with Crippen LogP contribution in [0, 0.1) is 0 Å². The number of ether oxygens (including phenoxy) is 1. The lowest BCUT2D eigenvalue weighted by Crippen LogP contribution is -2.01. The van der Waals surface area contributed by atoms with E-state index in [0.717, 1.165) is 0 Å². The summed E-state index contributed by atoms with van der Waals surface area (Å²) < 4.78 is 5.26. The van der Waals surface area contributed by atoms with Crippen LogP contribution < -0.4 is 4.74 Å². The maximum atomic E-state index is 11.4. The molecule has 4 heteroatoms. The molecular formula is C12H16O4. The lowest BCUT2D eigenvalue weighted by atomic mass is 10.1. The van der Waals surface area contributed by atoms with E-state index in [9.17, 15) is 9.90 Å². The van der Waals surface area contributed by atoms with Crippen molar-refractivity contribution in [2.75, 3.05) is 13.2 Å². The number of phenolic OH excluding ortho intramolecular Hbond substituents is 1. The topological polar surface area (TPSA) is 66.8 Å². The lowest BCUT2D eigenvalue weighted by molar-refractivity contribution is 0.0985. The molecule has 0 aliphatic carbocycles. The van der Waals surface area contributed by atoms with Crippen LogP contribution in [0.2, 0.25) is 0 Å². The van der Waals surface area contributed by atoms with Crippen molar-refractivity contribution >= 4 is 5.78 Å². The molecule has 0 aromatic heterocycles. The van der Waals surface area contributed by atoms with Crippen LogP contribution in [0.5, 0.6) is 11.5 Å². The predicted molar refractivity (Wildman–Crippen MR) is 59.9 cm³/mol. The third-order valence-electron chi connectivity index (χ3n) is 2.16. The van der Waals surface area contributed by atoms with Crippen molar-refractivity contribution in [2.24, 2.45) is 0 Å². The Morgan fingerprint density at radius 1 is 1.44 bits per heavy atom. The van der Waals surface area contributed by atoms with E-state index in [2.05, 4.69) is 0 Å². The fraction of sp³-hybridized carbons (Fsp3) is 0.417. The molecule has 0 atom stereocenters. The second kappa shape index (κ2) is 6.12. The summed E-state index contributed by atoms with van der Waals surface area (Å²) in [5, 5.41) is 18.2. The summed E-state index contributed by atoms with van der Waals surface area (Å²) in [6.45, 7) is 2.20. The Hall–Kier alpha value is -1.55. The molecule has 0 aliphatic rings. The molecule has 0 aliphatic heterocycles. The minimum absolute atomic E-state index is 0.0617. The van der Waals surface area contributed by atoms with Crippen LogP contribution in [0.3, 0.4) is 0 Å². The highest BCUT2D eigenvalue weighted by Crippen LogP contribution is 2.24. The van der Waals surface area contributed by atoms with Crippen molar-refractivity contribution in [3.63, 3.8) is 0 Å². The van der Waals surface area contributed by atoms with Crippen LogP contribution >= 0.6 is 0 Å². The number of hydrogen-bond donors (Lipinski definition) is 2. The van der Waals surface area contributed by atoms with Crippen LogP contribution in [0.25, 0.3) is 0 Å². The van der Waals surface area contributed by atoms with Gasteiger partial charge in [0.05, 0.1) is 12.2 Å². The van der Waals surface area contributed by atoms with Crippen LogP contribution in [0.1, 0.15) is 30.1 Å². The van der Waals surface area contributed by atoms with E-state index in [1.165, 1.54) is 6.07 Å². The zero-order valence-corrected chi connectivity index (χ0v) is 9.27. The molecule has 0 saturated heterocycles. The minimum atomic E-state index is -0.0978. The summed E-state index contributed by atoms with van der Waals surface area (Å²) in [7, 11) is 0. The Kier molecular flexibility index (Phi) is 4.79. The van der Waals surface area contributed by atoms with Crippen molar-refractivity contribution in [1.29, 1.82) is 0 Å². The minimum Gasteiger partial charge on any atom is -0.507 e. The van der Waals surface area contributed by atoms with E-state index >= 15 is 0 Å². The third-order valence-corrected chi connectivity index (χ3v) is 2.16. The van der Waals surface area contributed by atoms with Gasteiger partial charge >= 0.3 is 0 Å². The van der Waals surface area contributed by atoms with Gasteiger partial charge in [-0.25, -0.2) is 0 Å². The normalized spacial score (nSPS) is 10.1. The lowest BCUT2D eigenvalue weighted by Gasteiger charge is -2.07. The predicted octanol–water partition coefficient (Wildman–Crippen LogP) is 1.75. The van der Waals surface area contributed by atoms with Gasteiger partial charge in [-0.2, -0.15) is 0 Å². The molecule has 0 saturated carbocycles. The van der Waals surface area contributed by atoms with Crippen LogP contribution in [0.15, 0.2) is 18.2 Å². The highest BCUT2D eigenvalue weighted by molar-refractivity contribution is 5.98. The van der Waals surface area contributed by atoms with Crippen LogP contribution in [0.4, 0.5) is 0 Å². The first-order valence-corrected chi connectivity index (χ1v) is 5.29. The molecule has 2 N–H and O–H groups in total. The maximum Gasteiger partial charge on any atom is 0.166 e. The second-order valence-corrected chi connectivity index (χ2v) is 3.38. The highest BCUT2D eigenvalue weighted by atomic mass is 16.5. The maximum absolute atomic E-state index is 11.4. The van der Waals surface area contributed by atoms with Crippen LogP contribution in [-0.4, -0.2) is 29.2 Å². The molecule has 0 spiro atoms. The highest BCUT2D eigenvalue weighted by Gasteiger charge is 2.09. The fourth-order valence-electron chi connectivity index (χ4n) is 1.28. The summed E-state index contributed by atoms with van der Waals surface area (Å²) in [6.07, 6.45) is 0.898. The molecule has 0 bridgehead atoms. The molecule has 0 fully saturated rings. The summed E-state index contributed by atoms with van der Waals surface area (Å²) in [4.78, 5) is 11.4. The number of benzene rings is 1. The van der Waals surface area contributed by atoms with Gasteiger partial charge in [0.15, 0.2) is 5.78 Å². The summed E-state index contributed by atoms with van der Waals surface area (Å²) >= 11 is 0.